The maximum atomic E-state index is 12.4. The van der Waals surface area contributed by atoms with Crippen LogP contribution in [-0.4, -0.2) is 17.0 Å². The van der Waals surface area contributed by atoms with E-state index in [1.54, 1.807) is 24.2 Å². The molecule has 1 atom stereocenters. The summed E-state index contributed by atoms with van der Waals surface area (Å²) in [5.41, 5.74) is 2.99. The number of ether oxygens (including phenoxy) is 1. The van der Waals surface area contributed by atoms with Gasteiger partial charge in [0.25, 0.3) is 5.91 Å². The summed E-state index contributed by atoms with van der Waals surface area (Å²) in [6.45, 7) is 4.32. The summed E-state index contributed by atoms with van der Waals surface area (Å²) in [7, 11) is 0. The molecule has 0 aliphatic carbocycles. The average molecular weight is 268 g/mol. The number of nitrogens with zero attached hydrogens (tertiary/aromatic N) is 2. The van der Waals surface area contributed by atoms with E-state index in [0.717, 1.165) is 22.6 Å². The monoisotopic (exact) mass is 268 g/mol. The highest BCUT2D eigenvalue weighted by Crippen LogP contribution is 2.35. The number of anilines is 1. The van der Waals surface area contributed by atoms with E-state index in [1.807, 2.05) is 37.3 Å². The van der Waals surface area contributed by atoms with Crippen molar-refractivity contribution in [3.8, 4) is 5.75 Å². The fourth-order valence-electron chi connectivity index (χ4n) is 2.35. The topological polar surface area (TPSA) is 42.4 Å². The molecule has 1 aliphatic heterocycles. The van der Waals surface area contributed by atoms with Gasteiger partial charge in [0, 0.05) is 12.4 Å². The van der Waals surface area contributed by atoms with Crippen molar-refractivity contribution < 1.29 is 9.53 Å². The predicted octanol–water partition coefficient (Wildman–Crippen LogP) is 2.70. The van der Waals surface area contributed by atoms with E-state index >= 15 is 0 Å². The van der Waals surface area contributed by atoms with Crippen LogP contribution in [0.25, 0.3) is 0 Å². The lowest BCUT2D eigenvalue weighted by Crippen LogP contribution is -2.44. The Morgan fingerprint density at radius 1 is 1.25 bits per heavy atom. The Morgan fingerprint density at radius 2 is 2.00 bits per heavy atom. The summed E-state index contributed by atoms with van der Waals surface area (Å²) in [5.74, 6) is 0.747. The maximum absolute atomic E-state index is 12.4. The molecule has 2 heterocycles. The van der Waals surface area contributed by atoms with Gasteiger partial charge in [-0.3, -0.25) is 9.78 Å². The van der Waals surface area contributed by atoms with Crippen LogP contribution in [0.4, 0.5) is 5.69 Å². The van der Waals surface area contributed by atoms with Crippen LogP contribution in [0.3, 0.4) is 0 Å². The third-order valence-electron chi connectivity index (χ3n) is 3.41. The van der Waals surface area contributed by atoms with Crippen LogP contribution >= 0.6 is 0 Å². The number of fused-ring (bicyclic) bond motifs is 1. The highest BCUT2D eigenvalue weighted by atomic mass is 16.5. The van der Waals surface area contributed by atoms with Crippen molar-refractivity contribution in [2.45, 2.75) is 26.5 Å². The number of carbonyl (C=O) groups excluding carboxylic acids is 1. The molecule has 1 aliphatic rings. The van der Waals surface area contributed by atoms with Gasteiger partial charge in [0.1, 0.15) is 5.75 Å². The molecule has 0 spiro atoms. The summed E-state index contributed by atoms with van der Waals surface area (Å²) in [6, 6.07) is 9.74. The molecular formula is C16H16N2O2. The third kappa shape index (κ3) is 2.25. The third-order valence-corrected chi connectivity index (χ3v) is 3.41. The quantitative estimate of drug-likeness (QED) is 0.841. The molecular weight excluding hydrogens is 252 g/mol. The Labute approximate surface area is 118 Å². The molecule has 1 aromatic heterocycles. The van der Waals surface area contributed by atoms with Gasteiger partial charge in [-0.15, -0.1) is 0 Å². The van der Waals surface area contributed by atoms with Gasteiger partial charge in [0.2, 0.25) is 0 Å². The zero-order valence-corrected chi connectivity index (χ0v) is 11.5. The minimum atomic E-state index is -0.452. The summed E-state index contributed by atoms with van der Waals surface area (Å²) in [6.07, 6.45) is 3.02. The van der Waals surface area contributed by atoms with Crippen LogP contribution < -0.4 is 9.64 Å². The second-order valence-electron chi connectivity index (χ2n) is 5.01. The molecule has 1 aromatic carbocycles. The average Bonchev–Trinajstić information content (AvgIpc) is 2.46. The van der Waals surface area contributed by atoms with Crippen LogP contribution in [-0.2, 0) is 11.3 Å². The van der Waals surface area contributed by atoms with E-state index in [4.69, 9.17) is 4.74 Å². The number of aromatic nitrogens is 1. The number of pyridine rings is 1. The Hall–Kier alpha value is -2.36. The molecule has 102 valence electrons. The molecule has 4 nitrogen and oxygen atoms in total. The highest BCUT2D eigenvalue weighted by molar-refractivity contribution is 5.99. The van der Waals surface area contributed by atoms with Crippen molar-refractivity contribution >= 4 is 11.6 Å². The standard InChI is InChI=1S/C16H16N2O2/c1-11-3-4-15-14(9-11)18(16(19)12(2)20-15)10-13-5-7-17-8-6-13/h3-9,12H,10H2,1-2H3/t12-/m0/s1. The second-order valence-corrected chi connectivity index (χ2v) is 5.01. The van der Waals surface area contributed by atoms with E-state index in [2.05, 4.69) is 4.98 Å². The number of carbonyl (C=O) groups is 1. The Bertz CT molecular complexity index is 640. The first kappa shape index (κ1) is 12.7. The van der Waals surface area contributed by atoms with Gasteiger partial charge in [-0.25, -0.2) is 0 Å². The van der Waals surface area contributed by atoms with Crippen molar-refractivity contribution in [1.82, 2.24) is 4.98 Å². The molecule has 0 unspecified atom stereocenters. The largest absolute Gasteiger partial charge is 0.479 e. The molecule has 0 fully saturated rings. The number of hydrogen-bond acceptors (Lipinski definition) is 3. The number of aryl methyl sites for hydroxylation is 1. The first-order chi connectivity index (χ1) is 9.65. The summed E-state index contributed by atoms with van der Waals surface area (Å²) < 4.78 is 5.66. The Morgan fingerprint density at radius 3 is 2.75 bits per heavy atom. The zero-order valence-electron chi connectivity index (χ0n) is 11.5. The number of hydrogen-bond donors (Lipinski definition) is 0. The molecule has 4 heteroatoms. The van der Waals surface area contributed by atoms with Crippen molar-refractivity contribution in [3.63, 3.8) is 0 Å². The number of benzene rings is 1. The Balaban J connectivity index is 2.00. The van der Waals surface area contributed by atoms with E-state index in [1.165, 1.54) is 0 Å². The van der Waals surface area contributed by atoms with Crippen molar-refractivity contribution in [3.05, 3.63) is 53.9 Å². The summed E-state index contributed by atoms with van der Waals surface area (Å²) in [5, 5.41) is 0. The van der Waals surface area contributed by atoms with Crippen LogP contribution in [0.15, 0.2) is 42.7 Å². The minimum Gasteiger partial charge on any atom is -0.479 e. The van der Waals surface area contributed by atoms with Gasteiger partial charge in [0.15, 0.2) is 6.10 Å². The van der Waals surface area contributed by atoms with Crippen molar-refractivity contribution in [1.29, 1.82) is 0 Å². The fourth-order valence-corrected chi connectivity index (χ4v) is 2.35. The SMILES string of the molecule is Cc1ccc2c(c1)N(Cc1ccncc1)C(=O)[C@H](C)O2. The molecule has 0 saturated carbocycles. The lowest BCUT2D eigenvalue weighted by Gasteiger charge is -2.33. The first-order valence-electron chi connectivity index (χ1n) is 6.63. The summed E-state index contributed by atoms with van der Waals surface area (Å²) in [4.78, 5) is 18.2. The van der Waals surface area contributed by atoms with Gasteiger partial charge in [-0.05, 0) is 49.2 Å². The second kappa shape index (κ2) is 4.96. The van der Waals surface area contributed by atoms with Crippen molar-refractivity contribution in [2.24, 2.45) is 0 Å². The van der Waals surface area contributed by atoms with E-state index < -0.39 is 6.10 Å². The van der Waals surface area contributed by atoms with Crippen LogP contribution in [0.2, 0.25) is 0 Å². The van der Waals surface area contributed by atoms with Crippen LogP contribution in [0.5, 0.6) is 5.75 Å². The van der Waals surface area contributed by atoms with E-state index in [-0.39, 0.29) is 5.91 Å². The van der Waals surface area contributed by atoms with Gasteiger partial charge in [-0.1, -0.05) is 6.07 Å². The number of amides is 1. The Kier molecular flexibility index (Phi) is 3.14. The molecule has 0 radical (unpaired) electrons. The minimum absolute atomic E-state index is 0.0140. The van der Waals surface area contributed by atoms with E-state index in [0.29, 0.717) is 6.54 Å². The lowest BCUT2D eigenvalue weighted by molar-refractivity contribution is -0.125. The molecule has 2 aromatic rings. The molecule has 20 heavy (non-hydrogen) atoms. The molecule has 0 bridgehead atoms. The van der Waals surface area contributed by atoms with Crippen LogP contribution in [0.1, 0.15) is 18.1 Å². The number of rotatable bonds is 2. The molecule has 0 saturated heterocycles. The van der Waals surface area contributed by atoms with Crippen LogP contribution in [0, 0.1) is 6.92 Å². The molecule has 1 amide bonds. The van der Waals surface area contributed by atoms with Gasteiger partial charge < -0.3 is 9.64 Å². The van der Waals surface area contributed by atoms with Gasteiger partial charge >= 0.3 is 0 Å². The highest BCUT2D eigenvalue weighted by Gasteiger charge is 2.31. The van der Waals surface area contributed by atoms with Crippen molar-refractivity contribution in [2.75, 3.05) is 4.90 Å². The zero-order chi connectivity index (χ0) is 14.1. The molecule has 3 rings (SSSR count). The van der Waals surface area contributed by atoms with Gasteiger partial charge in [-0.2, -0.15) is 0 Å². The summed E-state index contributed by atoms with van der Waals surface area (Å²) >= 11 is 0. The molecule has 0 N–H and O–H groups in total. The van der Waals surface area contributed by atoms with Gasteiger partial charge in [0.05, 0.1) is 12.2 Å². The predicted molar refractivity (Wildman–Crippen MR) is 76.7 cm³/mol. The van der Waals surface area contributed by atoms with E-state index in [9.17, 15) is 4.79 Å². The normalized spacial score (nSPS) is 17.6. The smallest absolute Gasteiger partial charge is 0.268 e. The fraction of sp³-hybridized carbons (Fsp3) is 0.250. The maximum Gasteiger partial charge on any atom is 0.268 e. The first-order valence-corrected chi connectivity index (χ1v) is 6.63. The lowest BCUT2D eigenvalue weighted by atomic mass is 10.1.